The van der Waals surface area contributed by atoms with E-state index in [9.17, 15) is 0 Å². The normalized spacial score (nSPS) is 11.8. The highest BCUT2D eigenvalue weighted by molar-refractivity contribution is 5.67. The molecule has 1 aromatic carbocycles. The Hall–Kier alpha value is -2.36. The van der Waals surface area contributed by atoms with Crippen molar-refractivity contribution in [2.45, 2.75) is 26.2 Å². The van der Waals surface area contributed by atoms with Gasteiger partial charge in [0.05, 0.1) is 5.69 Å². The monoisotopic (exact) mass is 280 g/mol. The lowest BCUT2D eigenvalue weighted by Crippen LogP contribution is -2.28. The number of nitrogens with zero attached hydrogens (tertiary/aromatic N) is 3. The van der Waals surface area contributed by atoms with Crippen molar-refractivity contribution in [1.82, 2.24) is 14.6 Å². The molecule has 0 amide bonds. The van der Waals surface area contributed by atoms with E-state index in [0.29, 0.717) is 0 Å². The molecule has 0 atom stereocenters. The van der Waals surface area contributed by atoms with Gasteiger partial charge in [-0.2, -0.15) is 5.10 Å². The van der Waals surface area contributed by atoms with Crippen molar-refractivity contribution in [2.75, 3.05) is 11.9 Å². The zero-order chi connectivity index (χ0) is 14.9. The number of hydrogen-bond donors (Lipinski definition) is 1. The second-order valence-corrected chi connectivity index (χ2v) is 5.99. The van der Waals surface area contributed by atoms with E-state index in [1.54, 1.807) is 6.20 Å². The van der Waals surface area contributed by atoms with Gasteiger partial charge < -0.3 is 5.32 Å². The first-order chi connectivity index (χ1) is 10.1. The van der Waals surface area contributed by atoms with Crippen LogP contribution >= 0.6 is 0 Å². The first kappa shape index (κ1) is 13.6. The SMILES string of the molecule is Cc1cc2c(NCC(C)(C)c3ccccc3)nccn2n1. The Labute approximate surface area is 124 Å². The predicted octanol–water partition coefficient (Wildman–Crippen LogP) is 3.43. The fourth-order valence-electron chi connectivity index (χ4n) is 2.48. The summed E-state index contributed by atoms with van der Waals surface area (Å²) < 4.78 is 1.86. The summed E-state index contributed by atoms with van der Waals surface area (Å²) in [6, 6.07) is 12.6. The van der Waals surface area contributed by atoms with Gasteiger partial charge in [-0.05, 0) is 18.6 Å². The van der Waals surface area contributed by atoms with Crippen LogP contribution in [0, 0.1) is 6.92 Å². The molecule has 2 heterocycles. The minimum absolute atomic E-state index is 0.0326. The fourth-order valence-corrected chi connectivity index (χ4v) is 2.48. The van der Waals surface area contributed by atoms with Crippen molar-refractivity contribution in [2.24, 2.45) is 0 Å². The quantitative estimate of drug-likeness (QED) is 0.796. The van der Waals surface area contributed by atoms with Crippen LogP contribution < -0.4 is 5.32 Å². The standard InChI is InChI=1S/C17H20N4/c1-13-11-15-16(18-9-10-21(15)20-13)19-12-17(2,3)14-7-5-4-6-8-14/h4-11H,12H2,1-3H3,(H,18,19). The van der Waals surface area contributed by atoms with Crippen molar-refractivity contribution in [3.8, 4) is 0 Å². The lowest BCUT2D eigenvalue weighted by Gasteiger charge is -2.26. The van der Waals surface area contributed by atoms with Crippen LogP contribution in [0.15, 0.2) is 48.8 Å². The molecule has 0 aliphatic rings. The maximum absolute atomic E-state index is 4.45. The van der Waals surface area contributed by atoms with Gasteiger partial charge in [0.25, 0.3) is 0 Å². The van der Waals surface area contributed by atoms with Crippen LogP contribution in [0.2, 0.25) is 0 Å². The first-order valence-electron chi connectivity index (χ1n) is 7.17. The molecule has 0 saturated carbocycles. The second kappa shape index (κ2) is 5.20. The summed E-state index contributed by atoms with van der Waals surface area (Å²) in [6.45, 7) is 7.27. The third-order valence-electron chi connectivity index (χ3n) is 3.77. The number of rotatable bonds is 4. The summed E-state index contributed by atoms with van der Waals surface area (Å²) in [7, 11) is 0. The van der Waals surface area contributed by atoms with Crippen molar-refractivity contribution in [1.29, 1.82) is 0 Å². The van der Waals surface area contributed by atoms with Gasteiger partial charge in [0, 0.05) is 24.4 Å². The summed E-state index contributed by atoms with van der Waals surface area (Å²) in [5, 5.41) is 7.88. The summed E-state index contributed by atoms with van der Waals surface area (Å²) in [5.41, 5.74) is 3.35. The van der Waals surface area contributed by atoms with Gasteiger partial charge in [-0.25, -0.2) is 9.50 Å². The minimum atomic E-state index is 0.0326. The maximum atomic E-state index is 4.45. The number of benzene rings is 1. The van der Waals surface area contributed by atoms with E-state index in [-0.39, 0.29) is 5.41 Å². The Kier molecular flexibility index (Phi) is 3.37. The molecule has 0 bridgehead atoms. The predicted molar refractivity (Wildman–Crippen MR) is 85.7 cm³/mol. The first-order valence-corrected chi connectivity index (χ1v) is 7.17. The third kappa shape index (κ3) is 2.75. The van der Waals surface area contributed by atoms with Crippen LogP contribution in [0.5, 0.6) is 0 Å². The molecule has 0 aliphatic heterocycles. The lowest BCUT2D eigenvalue weighted by molar-refractivity contribution is 0.556. The van der Waals surface area contributed by atoms with Gasteiger partial charge in [-0.1, -0.05) is 44.2 Å². The molecule has 0 radical (unpaired) electrons. The maximum Gasteiger partial charge on any atom is 0.152 e. The molecule has 0 aliphatic carbocycles. The molecular weight excluding hydrogens is 260 g/mol. The number of fused-ring (bicyclic) bond motifs is 1. The molecule has 0 spiro atoms. The molecule has 0 saturated heterocycles. The number of hydrogen-bond acceptors (Lipinski definition) is 3. The highest BCUT2D eigenvalue weighted by Crippen LogP contribution is 2.24. The summed E-state index contributed by atoms with van der Waals surface area (Å²) in [5.74, 6) is 0.877. The molecule has 1 N–H and O–H groups in total. The van der Waals surface area contributed by atoms with Crippen LogP contribution in [0.3, 0.4) is 0 Å². The average Bonchev–Trinajstić information content (AvgIpc) is 2.87. The molecule has 0 fully saturated rings. The van der Waals surface area contributed by atoms with E-state index in [4.69, 9.17) is 0 Å². The van der Waals surface area contributed by atoms with E-state index >= 15 is 0 Å². The Morgan fingerprint density at radius 2 is 1.95 bits per heavy atom. The van der Waals surface area contributed by atoms with Crippen LogP contribution in [0.25, 0.3) is 5.52 Å². The highest BCUT2D eigenvalue weighted by atomic mass is 15.2. The number of anilines is 1. The number of aromatic nitrogens is 3. The van der Waals surface area contributed by atoms with Gasteiger partial charge in [0.2, 0.25) is 0 Å². The molecular formula is C17H20N4. The lowest BCUT2D eigenvalue weighted by atomic mass is 9.84. The zero-order valence-electron chi connectivity index (χ0n) is 12.7. The Morgan fingerprint density at radius 3 is 2.71 bits per heavy atom. The third-order valence-corrected chi connectivity index (χ3v) is 3.77. The van der Waals surface area contributed by atoms with Gasteiger partial charge in [-0.15, -0.1) is 0 Å². The Balaban J connectivity index is 1.83. The van der Waals surface area contributed by atoms with Crippen molar-refractivity contribution >= 4 is 11.3 Å². The Morgan fingerprint density at radius 1 is 1.19 bits per heavy atom. The minimum Gasteiger partial charge on any atom is -0.367 e. The molecule has 108 valence electrons. The molecule has 21 heavy (non-hydrogen) atoms. The van der Waals surface area contributed by atoms with E-state index < -0.39 is 0 Å². The fraction of sp³-hybridized carbons (Fsp3) is 0.294. The molecule has 3 rings (SSSR count). The number of aryl methyl sites for hydroxylation is 1. The molecule has 3 aromatic rings. The molecule has 2 aromatic heterocycles. The van der Waals surface area contributed by atoms with Crippen LogP contribution in [0.1, 0.15) is 25.1 Å². The molecule has 4 nitrogen and oxygen atoms in total. The topological polar surface area (TPSA) is 42.2 Å². The smallest absolute Gasteiger partial charge is 0.152 e. The van der Waals surface area contributed by atoms with Crippen LogP contribution in [-0.2, 0) is 5.41 Å². The largest absolute Gasteiger partial charge is 0.367 e. The van der Waals surface area contributed by atoms with Gasteiger partial charge in [0.1, 0.15) is 5.52 Å². The van der Waals surface area contributed by atoms with Gasteiger partial charge >= 0.3 is 0 Å². The average molecular weight is 280 g/mol. The van der Waals surface area contributed by atoms with E-state index in [1.807, 2.05) is 29.8 Å². The van der Waals surface area contributed by atoms with Gasteiger partial charge in [0.15, 0.2) is 5.82 Å². The summed E-state index contributed by atoms with van der Waals surface area (Å²) >= 11 is 0. The van der Waals surface area contributed by atoms with Crippen molar-refractivity contribution in [3.63, 3.8) is 0 Å². The molecule has 0 unspecified atom stereocenters. The van der Waals surface area contributed by atoms with E-state index in [1.165, 1.54) is 5.56 Å². The number of nitrogens with one attached hydrogen (secondary N) is 1. The highest BCUT2D eigenvalue weighted by Gasteiger charge is 2.20. The zero-order valence-corrected chi connectivity index (χ0v) is 12.7. The van der Waals surface area contributed by atoms with E-state index in [0.717, 1.165) is 23.6 Å². The van der Waals surface area contributed by atoms with Crippen molar-refractivity contribution < 1.29 is 0 Å². The second-order valence-electron chi connectivity index (χ2n) is 5.99. The summed E-state index contributed by atoms with van der Waals surface area (Å²) in [4.78, 5) is 4.45. The van der Waals surface area contributed by atoms with Crippen molar-refractivity contribution in [3.05, 3.63) is 60.0 Å². The van der Waals surface area contributed by atoms with E-state index in [2.05, 4.69) is 53.5 Å². The van der Waals surface area contributed by atoms with Crippen LogP contribution in [0.4, 0.5) is 5.82 Å². The Bertz CT molecular complexity index is 744. The summed E-state index contributed by atoms with van der Waals surface area (Å²) in [6.07, 6.45) is 3.65. The van der Waals surface area contributed by atoms with Crippen LogP contribution in [-0.4, -0.2) is 21.1 Å². The van der Waals surface area contributed by atoms with Gasteiger partial charge in [-0.3, -0.25) is 0 Å². The molecule has 4 heteroatoms.